The SMILES string of the molecule is O=C(C(=O)N1CCOc2ccc([C@@H](O)C(c3ccccc3)c3ccccc3)cc2C1)c1ccccc1. The van der Waals surface area contributed by atoms with Crippen LogP contribution in [0.3, 0.4) is 0 Å². The summed E-state index contributed by atoms with van der Waals surface area (Å²) in [6.45, 7) is 0.828. The number of carbonyl (C=O) groups excluding carboxylic acids is 2. The van der Waals surface area contributed by atoms with Gasteiger partial charge in [-0.2, -0.15) is 0 Å². The number of rotatable bonds is 6. The topological polar surface area (TPSA) is 66.8 Å². The second-order valence-electron chi connectivity index (χ2n) is 8.88. The number of ketones is 1. The van der Waals surface area contributed by atoms with E-state index in [1.807, 2.05) is 84.9 Å². The highest BCUT2D eigenvalue weighted by Gasteiger charge is 2.29. The molecular weight excluding hydrogens is 450 g/mol. The zero-order chi connectivity index (χ0) is 24.9. The van der Waals surface area contributed by atoms with E-state index in [0.29, 0.717) is 24.5 Å². The first-order valence-corrected chi connectivity index (χ1v) is 12.0. The number of aliphatic hydroxyl groups is 1. The standard InChI is InChI=1S/C31H27NO4/c33-29(28(22-10-4-1-5-11-22)23-12-6-2-7-13-23)25-16-17-27-26(20-25)21-32(18-19-36-27)31(35)30(34)24-14-8-3-9-15-24/h1-17,20,28-29,33H,18-19,21H2/t29-/m1/s1. The van der Waals surface area contributed by atoms with Crippen LogP contribution in [0.1, 0.15) is 44.6 Å². The van der Waals surface area contributed by atoms with Crippen molar-refractivity contribution in [3.8, 4) is 5.75 Å². The molecular formula is C31H27NO4. The Bertz CT molecular complexity index is 1300. The van der Waals surface area contributed by atoms with Crippen LogP contribution in [0.5, 0.6) is 5.75 Å². The Hall–Kier alpha value is -4.22. The molecule has 0 unspecified atom stereocenters. The van der Waals surface area contributed by atoms with Gasteiger partial charge in [0, 0.05) is 23.6 Å². The van der Waals surface area contributed by atoms with Crippen molar-refractivity contribution in [3.05, 3.63) is 137 Å². The van der Waals surface area contributed by atoms with Gasteiger partial charge in [-0.1, -0.05) is 97.1 Å². The van der Waals surface area contributed by atoms with E-state index in [0.717, 1.165) is 22.3 Å². The van der Waals surface area contributed by atoms with Gasteiger partial charge in [0.15, 0.2) is 0 Å². The molecule has 4 aromatic rings. The number of amides is 1. The lowest BCUT2D eigenvalue weighted by Crippen LogP contribution is -2.37. The summed E-state index contributed by atoms with van der Waals surface area (Å²) in [5, 5.41) is 11.6. The third kappa shape index (κ3) is 4.92. The van der Waals surface area contributed by atoms with E-state index in [1.165, 1.54) is 4.90 Å². The predicted octanol–water partition coefficient (Wildman–Crippen LogP) is 5.16. The van der Waals surface area contributed by atoms with E-state index >= 15 is 0 Å². The highest BCUT2D eigenvalue weighted by Crippen LogP contribution is 2.38. The molecule has 5 rings (SSSR count). The minimum absolute atomic E-state index is 0.231. The van der Waals surface area contributed by atoms with E-state index in [4.69, 9.17) is 4.74 Å². The van der Waals surface area contributed by atoms with Crippen molar-refractivity contribution in [2.75, 3.05) is 13.2 Å². The van der Waals surface area contributed by atoms with Crippen molar-refractivity contribution < 1.29 is 19.4 Å². The molecule has 1 aliphatic heterocycles. The fourth-order valence-corrected chi connectivity index (χ4v) is 4.70. The smallest absolute Gasteiger partial charge is 0.295 e. The molecule has 5 heteroatoms. The Balaban J connectivity index is 1.44. The number of benzene rings is 4. The van der Waals surface area contributed by atoms with Gasteiger partial charge >= 0.3 is 0 Å². The molecule has 0 saturated heterocycles. The third-order valence-corrected chi connectivity index (χ3v) is 6.56. The lowest BCUT2D eigenvalue weighted by Gasteiger charge is -2.25. The largest absolute Gasteiger partial charge is 0.491 e. The van der Waals surface area contributed by atoms with Crippen molar-refractivity contribution in [2.24, 2.45) is 0 Å². The van der Waals surface area contributed by atoms with Gasteiger partial charge in [0.1, 0.15) is 12.4 Å². The van der Waals surface area contributed by atoms with Gasteiger partial charge in [-0.15, -0.1) is 0 Å². The molecule has 1 amide bonds. The summed E-state index contributed by atoms with van der Waals surface area (Å²) < 4.78 is 5.89. The van der Waals surface area contributed by atoms with Crippen LogP contribution < -0.4 is 4.74 Å². The van der Waals surface area contributed by atoms with Crippen LogP contribution in [0, 0.1) is 0 Å². The minimum Gasteiger partial charge on any atom is -0.491 e. The van der Waals surface area contributed by atoms with Gasteiger partial charge < -0.3 is 14.7 Å². The molecule has 1 N–H and O–H groups in total. The van der Waals surface area contributed by atoms with E-state index in [2.05, 4.69) is 0 Å². The Labute approximate surface area is 210 Å². The van der Waals surface area contributed by atoms with E-state index in [9.17, 15) is 14.7 Å². The number of carbonyl (C=O) groups is 2. The maximum absolute atomic E-state index is 13.0. The molecule has 0 spiro atoms. The molecule has 5 nitrogen and oxygen atoms in total. The second-order valence-corrected chi connectivity index (χ2v) is 8.88. The summed E-state index contributed by atoms with van der Waals surface area (Å²) in [5.41, 5.74) is 3.86. The first kappa shape index (κ1) is 23.5. The normalized spacial score (nSPS) is 13.9. The quantitative estimate of drug-likeness (QED) is 0.308. The van der Waals surface area contributed by atoms with Crippen LogP contribution in [-0.2, 0) is 11.3 Å². The third-order valence-electron chi connectivity index (χ3n) is 6.56. The van der Waals surface area contributed by atoms with Gasteiger partial charge in [-0.3, -0.25) is 9.59 Å². The minimum atomic E-state index is -0.821. The lowest BCUT2D eigenvalue weighted by molar-refractivity contribution is -0.127. The summed E-state index contributed by atoms with van der Waals surface area (Å²) in [6, 6.07) is 34.0. The molecule has 0 fully saturated rings. The molecule has 36 heavy (non-hydrogen) atoms. The fraction of sp³-hybridized carbons (Fsp3) is 0.161. The number of ether oxygens (including phenoxy) is 1. The monoisotopic (exact) mass is 477 g/mol. The van der Waals surface area contributed by atoms with Crippen LogP contribution in [0.15, 0.2) is 109 Å². The first-order chi connectivity index (χ1) is 17.6. The zero-order valence-corrected chi connectivity index (χ0v) is 19.8. The van der Waals surface area contributed by atoms with Crippen molar-refractivity contribution in [2.45, 2.75) is 18.6 Å². The summed E-state index contributed by atoms with van der Waals surface area (Å²) in [7, 11) is 0. The Morgan fingerprint density at radius 1 is 0.750 bits per heavy atom. The average molecular weight is 478 g/mol. The summed E-state index contributed by atoms with van der Waals surface area (Å²) in [5.74, 6) is -0.711. The highest BCUT2D eigenvalue weighted by molar-refractivity contribution is 6.42. The number of Topliss-reactive ketones (excluding diaryl/α,β-unsaturated/α-hetero) is 1. The van der Waals surface area contributed by atoms with Gasteiger partial charge in [-0.05, 0) is 28.8 Å². The van der Waals surface area contributed by atoms with Gasteiger partial charge in [0.05, 0.1) is 12.6 Å². The highest BCUT2D eigenvalue weighted by atomic mass is 16.5. The molecule has 1 heterocycles. The predicted molar refractivity (Wildman–Crippen MR) is 138 cm³/mol. The van der Waals surface area contributed by atoms with Crippen LogP contribution >= 0.6 is 0 Å². The number of fused-ring (bicyclic) bond motifs is 1. The van der Waals surface area contributed by atoms with Crippen molar-refractivity contribution in [1.29, 1.82) is 0 Å². The Morgan fingerprint density at radius 3 is 1.94 bits per heavy atom. The maximum atomic E-state index is 13.0. The second kappa shape index (κ2) is 10.6. The molecule has 0 saturated carbocycles. The molecule has 0 aromatic heterocycles. The van der Waals surface area contributed by atoms with Gasteiger partial charge in [0.25, 0.3) is 5.91 Å². The van der Waals surface area contributed by atoms with Crippen molar-refractivity contribution in [1.82, 2.24) is 4.90 Å². The number of aliphatic hydroxyl groups excluding tert-OH is 1. The van der Waals surface area contributed by atoms with Crippen molar-refractivity contribution >= 4 is 11.7 Å². The Kier molecular flexibility index (Phi) is 6.92. The molecule has 1 aliphatic rings. The van der Waals surface area contributed by atoms with E-state index in [-0.39, 0.29) is 12.5 Å². The molecule has 1 atom stereocenters. The number of nitrogens with zero attached hydrogens (tertiary/aromatic N) is 1. The summed E-state index contributed by atoms with van der Waals surface area (Å²) >= 11 is 0. The van der Waals surface area contributed by atoms with Crippen LogP contribution in [0.25, 0.3) is 0 Å². The zero-order valence-electron chi connectivity index (χ0n) is 19.8. The van der Waals surface area contributed by atoms with Crippen LogP contribution in [0.2, 0.25) is 0 Å². The van der Waals surface area contributed by atoms with E-state index < -0.39 is 17.8 Å². The number of hydrogen-bond acceptors (Lipinski definition) is 4. The van der Waals surface area contributed by atoms with Crippen molar-refractivity contribution in [3.63, 3.8) is 0 Å². The Morgan fingerprint density at radius 2 is 1.33 bits per heavy atom. The summed E-state index contributed by atoms with van der Waals surface area (Å²) in [6.07, 6.45) is -0.821. The van der Waals surface area contributed by atoms with Crippen LogP contribution in [0.4, 0.5) is 0 Å². The summed E-state index contributed by atoms with van der Waals surface area (Å²) in [4.78, 5) is 27.3. The lowest BCUT2D eigenvalue weighted by atomic mass is 9.83. The average Bonchev–Trinajstić information content (AvgIpc) is 3.16. The molecule has 0 aliphatic carbocycles. The number of hydrogen-bond donors (Lipinski definition) is 1. The molecule has 180 valence electrons. The molecule has 0 radical (unpaired) electrons. The maximum Gasteiger partial charge on any atom is 0.295 e. The van der Waals surface area contributed by atoms with Gasteiger partial charge in [-0.25, -0.2) is 0 Å². The van der Waals surface area contributed by atoms with Gasteiger partial charge in [0.2, 0.25) is 5.78 Å². The first-order valence-electron chi connectivity index (χ1n) is 12.0. The van der Waals surface area contributed by atoms with E-state index in [1.54, 1.807) is 24.3 Å². The molecule has 4 aromatic carbocycles. The fourth-order valence-electron chi connectivity index (χ4n) is 4.70. The van der Waals surface area contributed by atoms with Crippen LogP contribution in [-0.4, -0.2) is 34.8 Å². The molecule has 0 bridgehead atoms.